The molecule has 4 heteroatoms. The maximum Gasteiger partial charge on any atom is 0.0453 e. The van der Waals surface area contributed by atoms with Gasteiger partial charge in [0.2, 0.25) is 0 Å². The molecule has 114 valence electrons. The Morgan fingerprint density at radius 1 is 1.20 bits per heavy atom. The summed E-state index contributed by atoms with van der Waals surface area (Å²) in [5.74, 6) is 0. The molecule has 1 rings (SSSR count). The van der Waals surface area contributed by atoms with Crippen molar-refractivity contribution in [1.29, 1.82) is 0 Å². The maximum atomic E-state index is 8.76. The molecule has 0 aliphatic carbocycles. The summed E-state index contributed by atoms with van der Waals surface area (Å²) >= 11 is 6.25. The van der Waals surface area contributed by atoms with E-state index in [2.05, 4.69) is 23.3 Å². The highest BCUT2D eigenvalue weighted by molar-refractivity contribution is 6.31. The van der Waals surface area contributed by atoms with Crippen LogP contribution in [0.1, 0.15) is 37.3 Å². The zero-order valence-electron chi connectivity index (χ0n) is 12.6. The molecule has 0 bridgehead atoms. The molecule has 0 spiro atoms. The number of nitrogens with zero attached hydrogens (tertiary/aromatic N) is 1. The van der Waals surface area contributed by atoms with Gasteiger partial charge >= 0.3 is 0 Å². The molecule has 0 heterocycles. The number of hydrogen-bond donors (Lipinski definition) is 2. The Kier molecular flexibility index (Phi) is 8.86. The molecular formula is C16H27ClN2O. The lowest BCUT2D eigenvalue weighted by molar-refractivity contribution is 0.269. The van der Waals surface area contributed by atoms with Gasteiger partial charge in [0, 0.05) is 17.7 Å². The van der Waals surface area contributed by atoms with Gasteiger partial charge in [0.05, 0.1) is 0 Å². The summed E-state index contributed by atoms with van der Waals surface area (Å²) in [7, 11) is 4.13. The first-order valence-corrected chi connectivity index (χ1v) is 7.78. The van der Waals surface area contributed by atoms with Crippen LogP contribution >= 0.6 is 11.6 Å². The van der Waals surface area contributed by atoms with Crippen LogP contribution in [0.3, 0.4) is 0 Å². The second-order valence-corrected chi connectivity index (χ2v) is 5.65. The molecule has 0 saturated heterocycles. The third kappa shape index (κ3) is 6.23. The summed E-state index contributed by atoms with van der Waals surface area (Å²) in [6, 6.07) is 8.32. The van der Waals surface area contributed by atoms with Crippen molar-refractivity contribution in [3.8, 4) is 0 Å². The molecule has 0 fully saturated rings. The number of rotatable bonds is 10. The van der Waals surface area contributed by atoms with Gasteiger partial charge in [0.15, 0.2) is 0 Å². The van der Waals surface area contributed by atoms with E-state index in [1.807, 2.05) is 25.2 Å². The predicted molar refractivity (Wildman–Crippen MR) is 86.3 cm³/mol. The highest BCUT2D eigenvalue weighted by Crippen LogP contribution is 2.24. The van der Waals surface area contributed by atoms with Crippen molar-refractivity contribution in [2.24, 2.45) is 0 Å². The fourth-order valence-electron chi connectivity index (χ4n) is 2.34. The molecule has 0 aliphatic rings. The van der Waals surface area contributed by atoms with E-state index in [9.17, 15) is 0 Å². The second kappa shape index (κ2) is 10.2. The standard InChI is InChI=1S/C16H27ClN2O/c1-18-16(14-8-4-5-9-15(14)17)10-12-19(2)11-6-3-7-13-20/h4-5,8-9,16,18,20H,3,6-7,10-13H2,1-2H3. The first kappa shape index (κ1) is 17.4. The van der Waals surface area contributed by atoms with Gasteiger partial charge in [0.25, 0.3) is 0 Å². The van der Waals surface area contributed by atoms with Crippen LogP contribution in [0.4, 0.5) is 0 Å². The lowest BCUT2D eigenvalue weighted by Gasteiger charge is -2.22. The number of benzene rings is 1. The summed E-state index contributed by atoms with van der Waals surface area (Å²) in [6.07, 6.45) is 4.19. The van der Waals surface area contributed by atoms with E-state index in [1.54, 1.807) is 0 Å². The molecule has 2 N–H and O–H groups in total. The summed E-state index contributed by atoms with van der Waals surface area (Å²) in [4.78, 5) is 2.35. The summed E-state index contributed by atoms with van der Waals surface area (Å²) in [5.41, 5.74) is 1.17. The van der Waals surface area contributed by atoms with Crippen molar-refractivity contribution in [2.75, 3.05) is 33.8 Å². The zero-order valence-corrected chi connectivity index (χ0v) is 13.4. The normalized spacial score (nSPS) is 12.8. The van der Waals surface area contributed by atoms with E-state index < -0.39 is 0 Å². The lowest BCUT2D eigenvalue weighted by atomic mass is 10.0. The fourth-order valence-corrected chi connectivity index (χ4v) is 2.61. The van der Waals surface area contributed by atoms with Crippen molar-refractivity contribution < 1.29 is 5.11 Å². The third-order valence-corrected chi connectivity index (χ3v) is 3.97. The van der Waals surface area contributed by atoms with Crippen molar-refractivity contribution in [3.05, 3.63) is 34.9 Å². The van der Waals surface area contributed by atoms with Crippen LogP contribution in [0.15, 0.2) is 24.3 Å². The van der Waals surface area contributed by atoms with Gasteiger partial charge in [0.1, 0.15) is 0 Å². The number of unbranched alkanes of at least 4 members (excludes halogenated alkanes) is 2. The Morgan fingerprint density at radius 2 is 1.95 bits per heavy atom. The van der Waals surface area contributed by atoms with Crippen molar-refractivity contribution >= 4 is 11.6 Å². The molecule has 1 atom stereocenters. The first-order valence-electron chi connectivity index (χ1n) is 7.40. The van der Waals surface area contributed by atoms with Gasteiger partial charge in [-0.25, -0.2) is 0 Å². The Labute approximate surface area is 127 Å². The molecule has 0 saturated carbocycles. The molecule has 0 amide bonds. The van der Waals surface area contributed by atoms with Gasteiger partial charge in [-0.15, -0.1) is 0 Å². The predicted octanol–water partition coefficient (Wildman–Crippen LogP) is 3.09. The highest BCUT2D eigenvalue weighted by Gasteiger charge is 2.12. The summed E-state index contributed by atoms with van der Waals surface area (Å²) < 4.78 is 0. The average molecular weight is 299 g/mol. The van der Waals surface area contributed by atoms with Crippen LogP contribution in [0, 0.1) is 0 Å². The minimum absolute atomic E-state index is 0.295. The SMILES string of the molecule is CNC(CCN(C)CCCCCO)c1ccccc1Cl. The smallest absolute Gasteiger partial charge is 0.0453 e. The molecule has 1 aromatic rings. The molecule has 0 radical (unpaired) electrons. The van der Waals surface area contributed by atoms with Crippen LogP contribution in [-0.2, 0) is 0 Å². The quantitative estimate of drug-likeness (QED) is 0.652. The van der Waals surface area contributed by atoms with Gasteiger partial charge < -0.3 is 15.3 Å². The summed E-state index contributed by atoms with van der Waals surface area (Å²) in [5, 5.41) is 12.9. The van der Waals surface area contributed by atoms with E-state index in [4.69, 9.17) is 16.7 Å². The van der Waals surface area contributed by atoms with Crippen LogP contribution in [0.2, 0.25) is 5.02 Å². The lowest BCUT2D eigenvalue weighted by Crippen LogP contribution is -2.26. The monoisotopic (exact) mass is 298 g/mol. The van der Waals surface area contributed by atoms with E-state index in [-0.39, 0.29) is 0 Å². The first-order chi connectivity index (χ1) is 9.69. The van der Waals surface area contributed by atoms with Gasteiger partial charge in [-0.2, -0.15) is 0 Å². The maximum absolute atomic E-state index is 8.76. The van der Waals surface area contributed by atoms with Crippen molar-refractivity contribution in [1.82, 2.24) is 10.2 Å². The number of aliphatic hydroxyl groups is 1. The van der Waals surface area contributed by atoms with Crippen LogP contribution < -0.4 is 5.32 Å². The largest absolute Gasteiger partial charge is 0.396 e. The van der Waals surface area contributed by atoms with Gasteiger partial charge in [-0.3, -0.25) is 0 Å². The Morgan fingerprint density at radius 3 is 2.60 bits per heavy atom. The molecule has 1 aromatic carbocycles. The number of hydrogen-bond acceptors (Lipinski definition) is 3. The fraction of sp³-hybridized carbons (Fsp3) is 0.625. The zero-order chi connectivity index (χ0) is 14.8. The number of aliphatic hydroxyl groups excluding tert-OH is 1. The molecule has 1 unspecified atom stereocenters. The average Bonchev–Trinajstić information content (AvgIpc) is 2.46. The highest BCUT2D eigenvalue weighted by atomic mass is 35.5. The van der Waals surface area contributed by atoms with Crippen LogP contribution in [0.5, 0.6) is 0 Å². The molecule has 0 aromatic heterocycles. The van der Waals surface area contributed by atoms with Gasteiger partial charge in [-0.1, -0.05) is 29.8 Å². The topological polar surface area (TPSA) is 35.5 Å². The third-order valence-electron chi connectivity index (χ3n) is 3.63. The van der Waals surface area contributed by atoms with E-state index in [0.29, 0.717) is 12.6 Å². The van der Waals surface area contributed by atoms with E-state index >= 15 is 0 Å². The Balaban J connectivity index is 2.36. The molecule has 0 aliphatic heterocycles. The second-order valence-electron chi connectivity index (χ2n) is 5.24. The van der Waals surface area contributed by atoms with E-state index in [1.165, 1.54) is 5.56 Å². The van der Waals surface area contributed by atoms with Crippen molar-refractivity contribution in [3.63, 3.8) is 0 Å². The van der Waals surface area contributed by atoms with Crippen molar-refractivity contribution in [2.45, 2.75) is 31.7 Å². The van der Waals surface area contributed by atoms with Crippen LogP contribution in [0.25, 0.3) is 0 Å². The van der Waals surface area contributed by atoms with Gasteiger partial charge in [-0.05, 0) is 64.5 Å². The Bertz CT molecular complexity index is 373. The molecular weight excluding hydrogens is 272 g/mol. The molecule has 20 heavy (non-hydrogen) atoms. The minimum atomic E-state index is 0.295. The minimum Gasteiger partial charge on any atom is -0.396 e. The summed E-state index contributed by atoms with van der Waals surface area (Å²) in [6.45, 7) is 2.42. The Hall–Kier alpha value is -0.610. The number of nitrogens with one attached hydrogen (secondary N) is 1. The van der Waals surface area contributed by atoms with Crippen LogP contribution in [-0.4, -0.2) is 43.8 Å². The van der Waals surface area contributed by atoms with E-state index in [0.717, 1.165) is 43.8 Å². The number of halogens is 1. The molecule has 3 nitrogen and oxygen atoms in total.